The van der Waals surface area contributed by atoms with Gasteiger partial charge in [0.05, 0.1) is 25.9 Å². The van der Waals surface area contributed by atoms with Gasteiger partial charge in [-0.05, 0) is 5.56 Å². The summed E-state index contributed by atoms with van der Waals surface area (Å²) < 4.78 is 12.4. The molecular weight excluding hydrogens is 416 g/mol. The Morgan fingerprint density at radius 2 is 2.00 bits per heavy atom. The number of amides is 1. The minimum absolute atomic E-state index is 0.116. The topological polar surface area (TPSA) is 144 Å². The zero-order valence-corrected chi connectivity index (χ0v) is 17.8. The van der Waals surface area contributed by atoms with Crippen molar-refractivity contribution < 1.29 is 24.5 Å². The number of nitrogens with one attached hydrogen (secondary N) is 2. The lowest BCUT2D eigenvalue weighted by molar-refractivity contribution is -0.120. The number of ether oxygens (including phenoxy) is 2. The molecule has 11 nitrogen and oxygen atoms in total. The van der Waals surface area contributed by atoms with Crippen LogP contribution in [0.5, 0.6) is 0 Å². The third-order valence-electron chi connectivity index (χ3n) is 5.30. The van der Waals surface area contributed by atoms with Crippen molar-refractivity contribution in [3.05, 3.63) is 48.0 Å². The van der Waals surface area contributed by atoms with Crippen LogP contribution in [-0.2, 0) is 27.2 Å². The molecule has 3 heterocycles. The number of aliphatic hydroxyl groups excluding tert-OH is 2. The lowest BCUT2D eigenvalue weighted by Crippen LogP contribution is -2.33. The van der Waals surface area contributed by atoms with E-state index in [0.717, 1.165) is 5.56 Å². The molecule has 0 radical (unpaired) electrons. The van der Waals surface area contributed by atoms with Gasteiger partial charge in [0.2, 0.25) is 5.91 Å². The quantitative estimate of drug-likeness (QED) is 0.379. The number of carbonyl (C=O) groups excluding carboxylic acids is 1. The predicted molar refractivity (Wildman–Crippen MR) is 115 cm³/mol. The molecule has 1 fully saturated rings. The largest absolute Gasteiger partial charge is 0.387 e. The maximum Gasteiger partial charge on any atom is 0.224 e. The summed E-state index contributed by atoms with van der Waals surface area (Å²) >= 11 is 0. The monoisotopic (exact) mass is 442 g/mol. The van der Waals surface area contributed by atoms with E-state index in [4.69, 9.17) is 9.47 Å². The van der Waals surface area contributed by atoms with Gasteiger partial charge in [-0.1, -0.05) is 30.3 Å². The number of aromatic nitrogens is 4. The molecule has 1 aliphatic rings. The van der Waals surface area contributed by atoms with Crippen LogP contribution in [0.25, 0.3) is 11.2 Å². The van der Waals surface area contributed by atoms with Crippen LogP contribution in [-0.4, -0.2) is 74.7 Å². The number of fused-ring (bicyclic) bond motifs is 1. The van der Waals surface area contributed by atoms with E-state index in [2.05, 4.69) is 25.6 Å². The second kappa shape index (κ2) is 9.57. The molecule has 0 spiro atoms. The number of nitrogens with zero attached hydrogens (tertiary/aromatic N) is 4. The SMILES string of the molecule is CNc1nc(CNC(=O)Cc2ccccc2)nc2c1ncn2[C@@H]1O[C@H](COC)[C@@H](O)[C@H]1O. The normalized spacial score (nSPS) is 22.9. The van der Waals surface area contributed by atoms with Gasteiger partial charge in [-0.25, -0.2) is 15.0 Å². The summed E-state index contributed by atoms with van der Waals surface area (Å²) in [5.74, 6) is 0.688. The second-order valence-electron chi connectivity index (χ2n) is 7.50. The Kier molecular flexibility index (Phi) is 6.61. The van der Waals surface area contributed by atoms with Crippen molar-refractivity contribution in [3.8, 4) is 0 Å². The van der Waals surface area contributed by atoms with Gasteiger partial charge in [-0.3, -0.25) is 9.36 Å². The molecule has 1 aliphatic heterocycles. The number of rotatable bonds is 8. The molecule has 32 heavy (non-hydrogen) atoms. The fourth-order valence-corrected chi connectivity index (χ4v) is 3.68. The average Bonchev–Trinajstić information content (AvgIpc) is 3.34. The van der Waals surface area contributed by atoms with Crippen molar-refractivity contribution in [1.29, 1.82) is 0 Å². The Morgan fingerprint density at radius 3 is 2.72 bits per heavy atom. The molecule has 0 saturated carbocycles. The predicted octanol–water partition coefficient (Wildman–Crippen LogP) is -0.00750. The molecule has 3 aromatic rings. The Balaban J connectivity index is 1.55. The number of anilines is 1. The molecule has 4 rings (SSSR count). The van der Waals surface area contributed by atoms with Crippen LogP contribution in [0.1, 0.15) is 17.6 Å². The molecule has 170 valence electrons. The Bertz CT molecular complexity index is 1080. The summed E-state index contributed by atoms with van der Waals surface area (Å²) in [4.78, 5) is 25.6. The standard InChI is InChI=1S/C21H26N6O5/c1-22-19-16-20(27(11-24-16)21-18(30)17(29)13(32-21)10-31-2)26-14(25-19)9-23-15(28)8-12-6-4-3-5-7-12/h3-7,11,13,17-18,21,29-30H,8-10H2,1-2H3,(H,23,28)(H,22,25,26)/t13-,17-,18-,21-/m1/s1. The van der Waals surface area contributed by atoms with E-state index in [1.165, 1.54) is 13.4 Å². The number of hydrogen-bond acceptors (Lipinski definition) is 9. The van der Waals surface area contributed by atoms with Gasteiger partial charge in [-0.2, -0.15) is 0 Å². The molecule has 4 N–H and O–H groups in total. The lowest BCUT2D eigenvalue weighted by Gasteiger charge is -2.17. The third-order valence-corrected chi connectivity index (χ3v) is 5.30. The van der Waals surface area contributed by atoms with E-state index in [1.54, 1.807) is 11.6 Å². The fourth-order valence-electron chi connectivity index (χ4n) is 3.68. The van der Waals surface area contributed by atoms with E-state index >= 15 is 0 Å². The van der Waals surface area contributed by atoms with Crippen molar-refractivity contribution in [2.75, 3.05) is 26.1 Å². The van der Waals surface area contributed by atoms with Crippen molar-refractivity contribution in [2.24, 2.45) is 0 Å². The molecule has 11 heteroatoms. The van der Waals surface area contributed by atoms with Crippen LogP contribution in [0.4, 0.5) is 5.82 Å². The van der Waals surface area contributed by atoms with Crippen LogP contribution in [0.15, 0.2) is 36.7 Å². The van der Waals surface area contributed by atoms with E-state index < -0.39 is 24.5 Å². The average molecular weight is 442 g/mol. The highest BCUT2D eigenvalue weighted by atomic mass is 16.6. The summed E-state index contributed by atoms with van der Waals surface area (Å²) in [5, 5.41) is 26.6. The van der Waals surface area contributed by atoms with Crippen LogP contribution in [0.3, 0.4) is 0 Å². The zero-order chi connectivity index (χ0) is 22.7. The maximum absolute atomic E-state index is 12.3. The highest BCUT2D eigenvalue weighted by molar-refractivity contribution is 5.83. The first-order valence-corrected chi connectivity index (χ1v) is 10.2. The summed E-state index contributed by atoms with van der Waals surface area (Å²) in [6.07, 6.45) is -2.14. The second-order valence-corrected chi connectivity index (χ2v) is 7.50. The maximum atomic E-state index is 12.3. The first kappa shape index (κ1) is 22.1. The van der Waals surface area contributed by atoms with Crippen molar-refractivity contribution in [3.63, 3.8) is 0 Å². The number of hydrogen-bond donors (Lipinski definition) is 4. The van der Waals surface area contributed by atoms with Crippen LogP contribution in [0.2, 0.25) is 0 Å². The molecule has 0 bridgehead atoms. The van der Waals surface area contributed by atoms with Crippen LogP contribution in [0, 0.1) is 0 Å². The Hall–Kier alpha value is -3.12. The summed E-state index contributed by atoms with van der Waals surface area (Å²) in [6, 6.07) is 9.44. The van der Waals surface area contributed by atoms with Crippen LogP contribution < -0.4 is 10.6 Å². The van der Waals surface area contributed by atoms with Gasteiger partial charge in [0.1, 0.15) is 18.3 Å². The van der Waals surface area contributed by atoms with Crippen LogP contribution >= 0.6 is 0 Å². The highest BCUT2D eigenvalue weighted by Gasteiger charge is 2.44. The van der Waals surface area contributed by atoms with E-state index in [-0.39, 0.29) is 25.5 Å². The third kappa shape index (κ3) is 4.41. The van der Waals surface area contributed by atoms with Crippen molar-refractivity contribution in [2.45, 2.75) is 37.5 Å². The minimum Gasteiger partial charge on any atom is -0.387 e. The highest BCUT2D eigenvalue weighted by Crippen LogP contribution is 2.32. The van der Waals surface area contributed by atoms with Crippen molar-refractivity contribution >= 4 is 22.9 Å². The number of aliphatic hydroxyl groups is 2. The van der Waals surface area contributed by atoms with Gasteiger partial charge < -0.3 is 30.3 Å². The minimum atomic E-state index is -1.19. The fraction of sp³-hybridized carbons (Fsp3) is 0.429. The summed E-state index contributed by atoms with van der Waals surface area (Å²) in [5.41, 5.74) is 1.80. The first-order valence-electron chi connectivity index (χ1n) is 10.2. The smallest absolute Gasteiger partial charge is 0.224 e. The molecule has 0 aliphatic carbocycles. The molecule has 1 amide bonds. The van der Waals surface area contributed by atoms with Gasteiger partial charge in [0.25, 0.3) is 0 Å². The lowest BCUT2D eigenvalue weighted by atomic mass is 10.1. The molecule has 1 saturated heterocycles. The van der Waals surface area contributed by atoms with Gasteiger partial charge in [-0.15, -0.1) is 0 Å². The first-order chi connectivity index (χ1) is 15.5. The molecule has 1 aromatic carbocycles. The Morgan fingerprint density at radius 1 is 1.22 bits per heavy atom. The molecule has 2 aromatic heterocycles. The molecular formula is C21H26N6O5. The number of imidazole rings is 1. The van der Waals surface area contributed by atoms with E-state index in [0.29, 0.717) is 22.8 Å². The summed E-state index contributed by atoms with van der Waals surface area (Å²) in [7, 11) is 3.20. The van der Waals surface area contributed by atoms with Gasteiger partial charge in [0, 0.05) is 14.2 Å². The number of benzene rings is 1. The number of carbonyl (C=O) groups is 1. The van der Waals surface area contributed by atoms with E-state index in [1.807, 2.05) is 30.3 Å². The van der Waals surface area contributed by atoms with Gasteiger partial charge in [0.15, 0.2) is 29.0 Å². The van der Waals surface area contributed by atoms with E-state index in [9.17, 15) is 15.0 Å². The Labute approximate surface area is 184 Å². The number of methoxy groups -OCH3 is 1. The molecule has 0 unspecified atom stereocenters. The zero-order valence-electron chi connectivity index (χ0n) is 17.8. The molecule has 4 atom stereocenters. The van der Waals surface area contributed by atoms with Gasteiger partial charge >= 0.3 is 0 Å². The van der Waals surface area contributed by atoms with Crippen molar-refractivity contribution in [1.82, 2.24) is 24.8 Å². The summed E-state index contributed by atoms with van der Waals surface area (Å²) in [6.45, 7) is 0.251.